The van der Waals surface area contributed by atoms with E-state index in [9.17, 15) is 14.0 Å². The van der Waals surface area contributed by atoms with Crippen LogP contribution in [0.2, 0.25) is 0 Å². The molecule has 1 fully saturated rings. The molecule has 0 radical (unpaired) electrons. The smallest absolute Gasteiger partial charge is 0.391 e. The number of primary amides is 1. The average molecular weight is 564 g/mol. The summed E-state index contributed by atoms with van der Waals surface area (Å²) >= 11 is 0. The Morgan fingerprint density at radius 2 is 1.95 bits per heavy atom. The Bertz CT molecular complexity index is 1540. The molecule has 0 bridgehead atoms. The minimum atomic E-state index is -0.976. The lowest BCUT2D eigenvalue weighted by molar-refractivity contribution is -0.124. The van der Waals surface area contributed by atoms with E-state index in [4.69, 9.17) is 15.2 Å². The predicted octanol–water partition coefficient (Wildman–Crippen LogP) is 2.56. The summed E-state index contributed by atoms with van der Waals surface area (Å²) in [7, 11) is 3.64. The zero-order chi connectivity index (χ0) is 28.9. The van der Waals surface area contributed by atoms with Crippen LogP contribution < -0.4 is 21.1 Å². The normalized spacial score (nSPS) is 15.0. The van der Waals surface area contributed by atoms with Crippen LogP contribution in [0.1, 0.15) is 0 Å². The van der Waals surface area contributed by atoms with Crippen molar-refractivity contribution in [2.75, 3.05) is 57.6 Å². The molecule has 0 spiro atoms. The predicted molar refractivity (Wildman–Crippen MR) is 150 cm³/mol. The summed E-state index contributed by atoms with van der Waals surface area (Å²) in [5, 5.41) is 6.65. The van der Waals surface area contributed by atoms with E-state index in [-0.39, 0.29) is 30.0 Å². The van der Waals surface area contributed by atoms with Crippen LogP contribution in [0.4, 0.5) is 26.5 Å². The van der Waals surface area contributed by atoms with Gasteiger partial charge in [0, 0.05) is 56.5 Å². The van der Waals surface area contributed by atoms with E-state index in [1.54, 1.807) is 31.5 Å². The summed E-state index contributed by atoms with van der Waals surface area (Å²) in [6.07, 6.45) is 3.12. The molecule has 0 aliphatic carbocycles. The fourth-order valence-electron chi connectivity index (χ4n) is 4.67. The third kappa shape index (κ3) is 6.40. The van der Waals surface area contributed by atoms with Crippen LogP contribution in [0, 0.1) is 5.82 Å². The van der Waals surface area contributed by atoms with Gasteiger partial charge in [0.1, 0.15) is 11.7 Å². The molecular formula is C27H30FN9O4. The number of carbonyl (C=O) groups is 2. The molecule has 13 nitrogen and oxygen atoms in total. The summed E-state index contributed by atoms with van der Waals surface area (Å²) < 4.78 is 25.1. The Labute approximate surface area is 234 Å². The second-order valence-electron chi connectivity index (χ2n) is 9.55. The molecule has 5 rings (SSSR count). The van der Waals surface area contributed by atoms with Crippen LogP contribution in [0.3, 0.4) is 0 Å². The lowest BCUT2D eigenvalue weighted by Gasteiger charge is -2.36. The number of benzene rings is 1. The summed E-state index contributed by atoms with van der Waals surface area (Å²) in [6.45, 7) is 3.53. The van der Waals surface area contributed by atoms with Gasteiger partial charge >= 0.3 is 6.09 Å². The molecule has 4 aromatic rings. The number of methoxy groups -OCH3 is 1. The number of rotatable bonds is 9. The number of anilines is 3. The number of carbonyl (C=O) groups excluding carboxylic acids is 2. The molecule has 1 saturated heterocycles. The number of halogens is 1. The number of nitrogens with zero attached hydrogens (tertiary/aromatic N) is 5. The highest BCUT2D eigenvalue weighted by atomic mass is 19.1. The quantitative estimate of drug-likeness (QED) is 0.238. The Morgan fingerprint density at radius 3 is 2.66 bits per heavy atom. The van der Waals surface area contributed by atoms with E-state index >= 15 is 0 Å². The molecule has 2 amide bonds. The first-order chi connectivity index (χ1) is 19.8. The standard InChI is InChI=1S/C27H30FN9O4/c1-36-8-10-37(11-9-36)21(15-40-2)25(38)34-20-5-3-4-17-18(13-31-24(17)20)23-19(28)14-32-27(35-23)33-16-6-7-22(30-12-16)41-26(29)39/h3-7,12-14,21,31H,8-11,15H2,1-2H3,(H2,29,39)(H,34,38)(H,32,33,35). The minimum absolute atomic E-state index is 0.0301. The number of nitrogens with two attached hydrogens (primary N) is 1. The minimum Gasteiger partial charge on any atom is -0.391 e. The Morgan fingerprint density at radius 1 is 1.15 bits per heavy atom. The van der Waals surface area contributed by atoms with E-state index in [0.717, 1.165) is 32.4 Å². The third-order valence-electron chi connectivity index (χ3n) is 6.78. The summed E-state index contributed by atoms with van der Waals surface area (Å²) in [6, 6.07) is 7.97. The van der Waals surface area contributed by atoms with Crippen LogP contribution in [0.15, 0.2) is 48.9 Å². The fourth-order valence-corrected chi connectivity index (χ4v) is 4.67. The van der Waals surface area contributed by atoms with Crippen LogP contribution in [-0.4, -0.2) is 94.7 Å². The Hall–Kier alpha value is -4.66. The SMILES string of the molecule is COCC(C(=O)Nc1cccc2c(-c3nc(Nc4ccc(OC(N)=O)nc4)ncc3F)c[nH]c12)N1CCN(C)CC1. The van der Waals surface area contributed by atoms with Gasteiger partial charge in [-0.25, -0.2) is 24.1 Å². The number of aromatic amines is 1. The van der Waals surface area contributed by atoms with Crippen molar-refractivity contribution in [2.24, 2.45) is 5.73 Å². The molecule has 4 heterocycles. The largest absolute Gasteiger partial charge is 0.411 e. The van der Waals surface area contributed by atoms with Crippen molar-refractivity contribution in [2.45, 2.75) is 6.04 Å². The van der Waals surface area contributed by atoms with Crippen molar-refractivity contribution in [3.05, 3.63) is 54.7 Å². The van der Waals surface area contributed by atoms with Gasteiger partial charge in [-0.05, 0) is 19.2 Å². The molecular weight excluding hydrogens is 533 g/mol. The monoisotopic (exact) mass is 563 g/mol. The first-order valence-electron chi connectivity index (χ1n) is 12.9. The van der Waals surface area contributed by atoms with Crippen molar-refractivity contribution < 1.29 is 23.5 Å². The number of pyridine rings is 1. The van der Waals surface area contributed by atoms with Gasteiger partial charge in [-0.15, -0.1) is 0 Å². The Balaban J connectivity index is 1.37. The van der Waals surface area contributed by atoms with E-state index < -0.39 is 18.0 Å². The zero-order valence-corrected chi connectivity index (χ0v) is 22.6. The number of nitrogens with one attached hydrogen (secondary N) is 3. The highest BCUT2D eigenvalue weighted by molar-refractivity contribution is 6.06. The number of amides is 2. The van der Waals surface area contributed by atoms with Gasteiger partial charge in [0.2, 0.25) is 17.7 Å². The molecule has 1 aromatic carbocycles. The summed E-state index contributed by atoms with van der Waals surface area (Å²) in [5.74, 6) is -0.646. The van der Waals surface area contributed by atoms with E-state index in [1.165, 1.54) is 12.3 Å². The van der Waals surface area contributed by atoms with Crippen LogP contribution in [-0.2, 0) is 9.53 Å². The Kier molecular flexibility index (Phi) is 8.33. The number of piperazine rings is 1. The van der Waals surface area contributed by atoms with Gasteiger partial charge < -0.3 is 35.7 Å². The molecule has 214 valence electrons. The van der Waals surface area contributed by atoms with E-state index in [2.05, 4.69) is 47.4 Å². The molecule has 1 aliphatic heterocycles. The second-order valence-corrected chi connectivity index (χ2v) is 9.55. The maximum absolute atomic E-state index is 15.0. The highest BCUT2D eigenvalue weighted by Gasteiger charge is 2.29. The highest BCUT2D eigenvalue weighted by Crippen LogP contribution is 2.33. The van der Waals surface area contributed by atoms with Gasteiger partial charge in [-0.3, -0.25) is 9.69 Å². The lowest BCUT2D eigenvalue weighted by atomic mass is 10.1. The van der Waals surface area contributed by atoms with Crippen LogP contribution >= 0.6 is 0 Å². The van der Waals surface area contributed by atoms with Gasteiger partial charge in [-0.1, -0.05) is 12.1 Å². The summed E-state index contributed by atoms with van der Waals surface area (Å²) in [5.41, 5.74) is 7.22. The molecule has 0 saturated carbocycles. The topological polar surface area (TPSA) is 164 Å². The van der Waals surface area contributed by atoms with Gasteiger partial charge in [-0.2, -0.15) is 0 Å². The van der Waals surface area contributed by atoms with Gasteiger partial charge in [0.25, 0.3) is 0 Å². The van der Waals surface area contributed by atoms with Gasteiger partial charge in [0.15, 0.2) is 5.82 Å². The molecule has 41 heavy (non-hydrogen) atoms. The van der Waals surface area contributed by atoms with Crippen molar-refractivity contribution >= 4 is 40.2 Å². The maximum Gasteiger partial charge on any atom is 0.411 e. The van der Waals surface area contributed by atoms with Crippen molar-refractivity contribution in [3.63, 3.8) is 0 Å². The van der Waals surface area contributed by atoms with E-state index in [1.807, 2.05) is 6.07 Å². The number of para-hydroxylation sites is 1. The molecule has 1 unspecified atom stereocenters. The first kappa shape index (κ1) is 27.9. The molecule has 3 aromatic heterocycles. The zero-order valence-electron chi connectivity index (χ0n) is 22.6. The molecule has 1 aliphatic rings. The number of ether oxygens (including phenoxy) is 2. The summed E-state index contributed by atoms with van der Waals surface area (Å²) in [4.78, 5) is 44.1. The number of aromatic nitrogens is 4. The molecule has 5 N–H and O–H groups in total. The first-order valence-corrected chi connectivity index (χ1v) is 12.9. The lowest BCUT2D eigenvalue weighted by Crippen LogP contribution is -2.54. The average Bonchev–Trinajstić information content (AvgIpc) is 3.39. The second kappa shape index (κ2) is 12.2. The van der Waals surface area contributed by atoms with Gasteiger partial charge in [0.05, 0.1) is 35.9 Å². The third-order valence-corrected chi connectivity index (χ3v) is 6.78. The van der Waals surface area contributed by atoms with Crippen LogP contribution in [0.25, 0.3) is 22.2 Å². The molecule has 1 atom stereocenters. The van der Waals surface area contributed by atoms with Crippen molar-refractivity contribution in [1.82, 2.24) is 29.7 Å². The number of hydrogen-bond donors (Lipinski definition) is 4. The number of hydrogen-bond acceptors (Lipinski definition) is 10. The molecule has 14 heteroatoms. The number of likely N-dealkylation sites (N-methyl/N-ethyl adjacent to an activating group) is 1. The van der Waals surface area contributed by atoms with E-state index in [0.29, 0.717) is 27.8 Å². The number of fused-ring (bicyclic) bond motifs is 1. The van der Waals surface area contributed by atoms with Crippen LogP contribution in [0.5, 0.6) is 5.88 Å². The number of H-pyrrole nitrogens is 1. The fraction of sp³-hybridized carbons (Fsp3) is 0.296. The van der Waals surface area contributed by atoms with Crippen molar-refractivity contribution in [3.8, 4) is 17.1 Å². The maximum atomic E-state index is 15.0. The van der Waals surface area contributed by atoms with Crippen molar-refractivity contribution in [1.29, 1.82) is 0 Å².